The molecule has 0 aliphatic carbocycles. The number of likely N-dealkylation sites (tertiary alicyclic amines) is 1. The highest BCUT2D eigenvalue weighted by Gasteiger charge is 2.16. The first-order valence-corrected chi connectivity index (χ1v) is 6.59. The molecule has 0 unspecified atom stereocenters. The summed E-state index contributed by atoms with van der Waals surface area (Å²) in [5, 5.41) is 0. The minimum absolute atomic E-state index is 1.05. The van der Waals surface area contributed by atoms with E-state index in [1.807, 2.05) is 0 Å². The van der Waals surface area contributed by atoms with E-state index in [2.05, 4.69) is 18.7 Å². The molecule has 1 nitrogen and oxygen atoms in total. The molecule has 0 aromatic heterocycles. The summed E-state index contributed by atoms with van der Waals surface area (Å²) in [5.74, 6) is 1.05. The van der Waals surface area contributed by atoms with E-state index in [1.54, 1.807) is 0 Å². The van der Waals surface area contributed by atoms with Crippen LogP contribution < -0.4 is 0 Å². The molecule has 0 bridgehead atoms. The zero-order valence-corrected chi connectivity index (χ0v) is 10.1. The van der Waals surface area contributed by atoms with Crippen molar-refractivity contribution >= 4 is 0 Å². The Morgan fingerprint density at radius 2 is 1.71 bits per heavy atom. The third kappa shape index (κ3) is 4.45. The molecule has 0 aromatic rings. The van der Waals surface area contributed by atoms with Crippen LogP contribution in [-0.4, -0.2) is 24.5 Å². The van der Waals surface area contributed by atoms with E-state index >= 15 is 0 Å². The molecule has 0 amide bonds. The van der Waals surface area contributed by atoms with E-state index < -0.39 is 0 Å². The largest absolute Gasteiger partial charge is 0.304 e. The van der Waals surface area contributed by atoms with Gasteiger partial charge < -0.3 is 4.90 Å². The van der Waals surface area contributed by atoms with E-state index in [1.165, 1.54) is 64.6 Å². The third-order valence-corrected chi connectivity index (χ3v) is 3.62. The molecule has 1 saturated heterocycles. The summed E-state index contributed by atoms with van der Waals surface area (Å²) < 4.78 is 0. The van der Waals surface area contributed by atoms with Gasteiger partial charge in [0.25, 0.3) is 0 Å². The summed E-state index contributed by atoms with van der Waals surface area (Å²) in [6.45, 7) is 8.54. The fourth-order valence-electron chi connectivity index (χ4n) is 2.45. The van der Waals surface area contributed by atoms with Crippen molar-refractivity contribution in [3.05, 3.63) is 0 Å². The van der Waals surface area contributed by atoms with E-state index in [9.17, 15) is 0 Å². The number of piperidine rings is 1. The molecule has 14 heavy (non-hydrogen) atoms. The van der Waals surface area contributed by atoms with Crippen molar-refractivity contribution in [3.63, 3.8) is 0 Å². The first kappa shape index (κ1) is 12.0. The van der Waals surface area contributed by atoms with Gasteiger partial charge in [0.2, 0.25) is 0 Å². The summed E-state index contributed by atoms with van der Waals surface area (Å²) in [5.41, 5.74) is 0. The third-order valence-electron chi connectivity index (χ3n) is 3.62. The Labute approximate surface area is 89.9 Å². The first-order chi connectivity index (χ1) is 6.86. The Hall–Kier alpha value is -0.0400. The summed E-state index contributed by atoms with van der Waals surface area (Å²) in [6, 6.07) is 0. The predicted molar refractivity (Wildman–Crippen MR) is 63.6 cm³/mol. The van der Waals surface area contributed by atoms with E-state index in [4.69, 9.17) is 0 Å². The van der Waals surface area contributed by atoms with E-state index in [0.717, 1.165) is 5.92 Å². The molecule has 0 aromatic carbocycles. The maximum atomic E-state index is 2.59. The van der Waals surface area contributed by atoms with Gasteiger partial charge in [0.05, 0.1) is 0 Å². The standard InChI is InChI=1S/C13H27N/c1-3-5-6-7-8-13-9-11-14(4-2)12-10-13/h13H,3-12H2,1-2H3. The summed E-state index contributed by atoms with van der Waals surface area (Å²) in [6.07, 6.45) is 10.2. The lowest BCUT2D eigenvalue weighted by Gasteiger charge is -2.31. The van der Waals surface area contributed by atoms with Gasteiger partial charge in [0.15, 0.2) is 0 Å². The lowest BCUT2D eigenvalue weighted by atomic mass is 9.91. The van der Waals surface area contributed by atoms with Crippen LogP contribution in [-0.2, 0) is 0 Å². The topological polar surface area (TPSA) is 3.24 Å². The molecule has 0 atom stereocenters. The molecule has 1 heteroatoms. The zero-order valence-electron chi connectivity index (χ0n) is 10.1. The highest BCUT2D eigenvalue weighted by atomic mass is 15.1. The van der Waals surface area contributed by atoms with Crippen LogP contribution in [0.25, 0.3) is 0 Å². The quantitative estimate of drug-likeness (QED) is 0.587. The SMILES string of the molecule is CCCCCCC1CCN(CC)CC1. The fraction of sp³-hybridized carbons (Fsp3) is 1.00. The molecule has 1 aliphatic heterocycles. The van der Waals surface area contributed by atoms with Crippen LogP contribution >= 0.6 is 0 Å². The van der Waals surface area contributed by atoms with Crippen molar-refractivity contribution in [1.29, 1.82) is 0 Å². The van der Waals surface area contributed by atoms with Gasteiger partial charge in [-0.05, 0) is 38.4 Å². The average Bonchev–Trinajstić information content (AvgIpc) is 2.25. The minimum Gasteiger partial charge on any atom is -0.304 e. The molecular formula is C13H27N. The van der Waals surface area contributed by atoms with Gasteiger partial charge in [-0.15, -0.1) is 0 Å². The van der Waals surface area contributed by atoms with Crippen molar-refractivity contribution in [2.45, 2.75) is 58.8 Å². The van der Waals surface area contributed by atoms with Crippen LogP contribution in [0.3, 0.4) is 0 Å². The fourth-order valence-corrected chi connectivity index (χ4v) is 2.45. The minimum atomic E-state index is 1.05. The Kier molecular flexibility index (Phi) is 6.25. The Balaban J connectivity index is 1.98. The first-order valence-electron chi connectivity index (χ1n) is 6.59. The van der Waals surface area contributed by atoms with Gasteiger partial charge in [-0.1, -0.05) is 46.0 Å². The molecule has 1 rings (SSSR count). The van der Waals surface area contributed by atoms with Crippen molar-refractivity contribution < 1.29 is 0 Å². The Morgan fingerprint density at radius 3 is 2.29 bits per heavy atom. The monoisotopic (exact) mass is 197 g/mol. The number of hydrogen-bond donors (Lipinski definition) is 0. The lowest BCUT2D eigenvalue weighted by molar-refractivity contribution is 0.184. The molecule has 1 aliphatic rings. The van der Waals surface area contributed by atoms with Crippen LogP contribution in [0.4, 0.5) is 0 Å². The van der Waals surface area contributed by atoms with E-state index in [0.29, 0.717) is 0 Å². The number of unbranched alkanes of at least 4 members (excludes halogenated alkanes) is 3. The van der Waals surface area contributed by atoms with Gasteiger partial charge in [-0.2, -0.15) is 0 Å². The van der Waals surface area contributed by atoms with Gasteiger partial charge in [-0.25, -0.2) is 0 Å². The molecule has 1 fully saturated rings. The van der Waals surface area contributed by atoms with Crippen LogP contribution in [0.1, 0.15) is 58.8 Å². The highest BCUT2D eigenvalue weighted by Crippen LogP contribution is 2.22. The average molecular weight is 197 g/mol. The van der Waals surface area contributed by atoms with Gasteiger partial charge in [0, 0.05) is 0 Å². The lowest BCUT2D eigenvalue weighted by Crippen LogP contribution is -2.33. The summed E-state index contributed by atoms with van der Waals surface area (Å²) >= 11 is 0. The molecule has 0 N–H and O–H groups in total. The van der Waals surface area contributed by atoms with Crippen molar-refractivity contribution in [2.24, 2.45) is 5.92 Å². The van der Waals surface area contributed by atoms with Gasteiger partial charge in [0.1, 0.15) is 0 Å². The Bertz CT molecular complexity index is 125. The predicted octanol–water partition coefficient (Wildman–Crippen LogP) is 3.69. The molecule has 84 valence electrons. The van der Waals surface area contributed by atoms with Crippen molar-refractivity contribution in [1.82, 2.24) is 4.90 Å². The molecule has 1 heterocycles. The van der Waals surface area contributed by atoms with Crippen molar-refractivity contribution in [2.75, 3.05) is 19.6 Å². The second-order valence-corrected chi connectivity index (χ2v) is 4.73. The van der Waals surface area contributed by atoms with E-state index in [-0.39, 0.29) is 0 Å². The summed E-state index contributed by atoms with van der Waals surface area (Å²) in [7, 11) is 0. The van der Waals surface area contributed by atoms with Crippen molar-refractivity contribution in [3.8, 4) is 0 Å². The summed E-state index contributed by atoms with van der Waals surface area (Å²) in [4.78, 5) is 2.59. The second-order valence-electron chi connectivity index (χ2n) is 4.73. The van der Waals surface area contributed by atoms with Crippen LogP contribution in [0, 0.1) is 5.92 Å². The second kappa shape index (κ2) is 7.28. The van der Waals surface area contributed by atoms with Crippen LogP contribution in [0.2, 0.25) is 0 Å². The van der Waals surface area contributed by atoms with Gasteiger partial charge >= 0.3 is 0 Å². The van der Waals surface area contributed by atoms with Crippen LogP contribution in [0.15, 0.2) is 0 Å². The molecule has 0 spiro atoms. The molecule has 0 radical (unpaired) electrons. The number of nitrogens with zero attached hydrogens (tertiary/aromatic N) is 1. The smallest absolute Gasteiger partial charge is 0.00162 e. The maximum absolute atomic E-state index is 2.59. The highest BCUT2D eigenvalue weighted by molar-refractivity contribution is 4.71. The number of rotatable bonds is 6. The normalized spacial score (nSPS) is 20.1. The molecule has 0 saturated carbocycles. The van der Waals surface area contributed by atoms with Crippen LogP contribution in [0.5, 0.6) is 0 Å². The van der Waals surface area contributed by atoms with Gasteiger partial charge in [-0.3, -0.25) is 0 Å². The number of hydrogen-bond acceptors (Lipinski definition) is 1. The molecular weight excluding hydrogens is 170 g/mol. The zero-order chi connectivity index (χ0) is 10.2. The Morgan fingerprint density at radius 1 is 1.00 bits per heavy atom. The maximum Gasteiger partial charge on any atom is -0.00162 e.